The molecule has 23 heavy (non-hydrogen) atoms. The lowest BCUT2D eigenvalue weighted by molar-refractivity contribution is 0.179. The van der Waals surface area contributed by atoms with Crippen LogP contribution in [0.3, 0.4) is 0 Å². The van der Waals surface area contributed by atoms with Gasteiger partial charge in [-0.05, 0) is 31.4 Å². The quantitative estimate of drug-likeness (QED) is 0.815. The predicted octanol–water partition coefficient (Wildman–Crippen LogP) is 1.42. The molecule has 2 N–H and O–H groups in total. The van der Waals surface area contributed by atoms with E-state index in [1.54, 1.807) is 6.20 Å². The van der Waals surface area contributed by atoms with Gasteiger partial charge in [-0.25, -0.2) is 17.5 Å². The molecule has 128 valence electrons. The fraction of sp³-hybridized carbons (Fsp3) is 0.600. The Labute approximate surface area is 136 Å². The van der Waals surface area contributed by atoms with Crippen LogP contribution in [0.2, 0.25) is 0 Å². The van der Waals surface area contributed by atoms with Gasteiger partial charge in [0.05, 0.1) is 5.75 Å². The average molecular weight is 341 g/mol. The average Bonchev–Trinajstić information content (AvgIpc) is 2.54. The van der Waals surface area contributed by atoms with Gasteiger partial charge >= 0.3 is 6.09 Å². The van der Waals surface area contributed by atoms with Gasteiger partial charge < -0.3 is 10.4 Å². The largest absolute Gasteiger partial charge is 0.465 e. The van der Waals surface area contributed by atoms with Crippen LogP contribution in [-0.2, 0) is 15.4 Å². The molecule has 1 saturated heterocycles. The summed E-state index contributed by atoms with van der Waals surface area (Å²) < 4.78 is 25.9. The number of nitrogens with zero attached hydrogens (tertiary/aromatic N) is 2. The van der Waals surface area contributed by atoms with Crippen molar-refractivity contribution in [2.75, 3.05) is 25.4 Å². The second-order valence-corrected chi connectivity index (χ2v) is 7.96. The molecule has 1 aliphatic rings. The zero-order valence-corrected chi connectivity index (χ0v) is 14.1. The first-order valence-electron chi connectivity index (χ1n) is 7.76. The van der Waals surface area contributed by atoms with Gasteiger partial charge in [-0.2, -0.15) is 0 Å². The van der Waals surface area contributed by atoms with Crippen LogP contribution < -0.4 is 5.32 Å². The van der Waals surface area contributed by atoms with Crippen molar-refractivity contribution in [3.05, 3.63) is 30.1 Å². The van der Waals surface area contributed by atoms with Crippen LogP contribution in [0.4, 0.5) is 4.79 Å². The Bertz CT molecular complexity index is 625. The number of rotatable bonds is 6. The summed E-state index contributed by atoms with van der Waals surface area (Å²) in [6.07, 6.45) is 2.28. The Morgan fingerprint density at radius 1 is 1.39 bits per heavy atom. The molecule has 0 aliphatic carbocycles. The lowest BCUT2D eigenvalue weighted by atomic mass is 9.75. The van der Waals surface area contributed by atoms with E-state index in [9.17, 15) is 13.2 Å². The molecule has 1 aromatic heterocycles. The highest BCUT2D eigenvalue weighted by atomic mass is 32.2. The fourth-order valence-electron chi connectivity index (χ4n) is 3.02. The number of hydrogen-bond donors (Lipinski definition) is 2. The summed E-state index contributed by atoms with van der Waals surface area (Å²) in [5.74, 6) is 0.150. The zero-order chi connectivity index (χ0) is 16.9. The van der Waals surface area contributed by atoms with Gasteiger partial charge in [-0.3, -0.25) is 4.98 Å². The number of carbonyl (C=O) groups is 1. The molecule has 0 aromatic carbocycles. The van der Waals surface area contributed by atoms with Crippen molar-refractivity contribution in [1.29, 1.82) is 0 Å². The molecule has 1 aromatic rings. The molecular weight excluding hydrogens is 318 g/mol. The van der Waals surface area contributed by atoms with Gasteiger partial charge in [0.1, 0.15) is 0 Å². The lowest BCUT2D eigenvalue weighted by Gasteiger charge is -2.40. The van der Waals surface area contributed by atoms with Crippen molar-refractivity contribution < 1.29 is 18.3 Å². The number of amides is 1. The van der Waals surface area contributed by atoms with Gasteiger partial charge in [-0.1, -0.05) is 13.0 Å². The van der Waals surface area contributed by atoms with Crippen molar-refractivity contribution >= 4 is 16.1 Å². The highest BCUT2D eigenvalue weighted by Gasteiger charge is 2.40. The Kier molecular flexibility index (Phi) is 5.59. The normalized spacial score (nSPS) is 18.5. The van der Waals surface area contributed by atoms with Gasteiger partial charge in [0.25, 0.3) is 0 Å². The molecule has 7 nitrogen and oxygen atoms in total. The first-order valence-corrected chi connectivity index (χ1v) is 9.37. The van der Waals surface area contributed by atoms with Crippen molar-refractivity contribution in [2.45, 2.75) is 31.6 Å². The van der Waals surface area contributed by atoms with Crippen molar-refractivity contribution in [1.82, 2.24) is 14.6 Å². The minimum absolute atomic E-state index is 0.150. The van der Waals surface area contributed by atoms with E-state index in [0.717, 1.165) is 5.69 Å². The van der Waals surface area contributed by atoms with E-state index >= 15 is 0 Å². The number of carboxylic acid groups (broad SMARTS) is 1. The van der Waals surface area contributed by atoms with Gasteiger partial charge in [0.2, 0.25) is 10.0 Å². The third-order valence-corrected chi connectivity index (χ3v) is 6.40. The first kappa shape index (κ1) is 17.7. The van der Waals surface area contributed by atoms with E-state index in [4.69, 9.17) is 5.11 Å². The summed E-state index contributed by atoms with van der Waals surface area (Å²) in [5, 5.41) is 11.4. The van der Waals surface area contributed by atoms with Crippen molar-refractivity contribution in [3.8, 4) is 0 Å². The first-order chi connectivity index (χ1) is 10.9. The minimum atomic E-state index is -3.22. The third kappa shape index (κ3) is 4.20. The maximum atomic E-state index is 12.2. The minimum Gasteiger partial charge on any atom is -0.465 e. The number of sulfonamides is 1. The standard InChI is InChI=1S/C15H23N3O4S/c1-2-11-23(21,22)18-9-6-15(7-10-18,12-17-14(19)20)13-5-3-4-8-16-13/h3-5,8,17H,2,6-7,9-12H2,1H3,(H,19,20). The smallest absolute Gasteiger partial charge is 0.404 e. The second kappa shape index (κ2) is 7.27. The zero-order valence-electron chi connectivity index (χ0n) is 13.2. The molecule has 1 fully saturated rings. The number of piperidine rings is 1. The van der Waals surface area contributed by atoms with Crippen LogP contribution in [0.1, 0.15) is 31.9 Å². The summed E-state index contributed by atoms with van der Waals surface area (Å²) in [7, 11) is -3.22. The summed E-state index contributed by atoms with van der Waals surface area (Å²) >= 11 is 0. The van der Waals surface area contributed by atoms with E-state index in [-0.39, 0.29) is 12.3 Å². The van der Waals surface area contributed by atoms with Gasteiger partial charge in [0, 0.05) is 36.9 Å². The second-order valence-electron chi connectivity index (χ2n) is 5.87. The number of aromatic nitrogens is 1. The van der Waals surface area contributed by atoms with Crippen LogP contribution in [0.25, 0.3) is 0 Å². The van der Waals surface area contributed by atoms with Crippen LogP contribution >= 0.6 is 0 Å². The van der Waals surface area contributed by atoms with E-state index in [0.29, 0.717) is 32.4 Å². The summed E-state index contributed by atoms with van der Waals surface area (Å²) in [6.45, 7) is 2.86. The van der Waals surface area contributed by atoms with Crippen molar-refractivity contribution in [2.24, 2.45) is 0 Å². The van der Waals surface area contributed by atoms with E-state index in [1.165, 1.54) is 4.31 Å². The monoisotopic (exact) mass is 341 g/mol. The highest BCUT2D eigenvalue weighted by Crippen LogP contribution is 2.34. The summed E-state index contributed by atoms with van der Waals surface area (Å²) in [6, 6.07) is 5.55. The molecule has 2 heterocycles. The van der Waals surface area contributed by atoms with Crippen LogP contribution in [-0.4, -0.2) is 54.3 Å². The van der Waals surface area contributed by atoms with Crippen molar-refractivity contribution in [3.63, 3.8) is 0 Å². The van der Waals surface area contributed by atoms with Gasteiger partial charge in [0.15, 0.2) is 0 Å². The molecule has 0 spiro atoms. The molecule has 0 radical (unpaired) electrons. The SMILES string of the molecule is CCCS(=O)(=O)N1CCC(CNC(=O)O)(c2ccccn2)CC1. The fourth-order valence-corrected chi connectivity index (χ4v) is 4.54. The molecule has 0 atom stereocenters. The maximum absolute atomic E-state index is 12.2. The van der Waals surface area contributed by atoms with Gasteiger partial charge in [-0.15, -0.1) is 0 Å². The Hall–Kier alpha value is -1.67. The summed E-state index contributed by atoms with van der Waals surface area (Å²) in [5.41, 5.74) is 0.346. The maximum Gasteiger partial charge on any atom is 0.404 e. The predicted molar refractivity (Wildman–Crippen MR) is 86.8 cm³/mol. The van der Waals surface area contributed by atoms with Crippen LogP contribution in [0.5, 0.6) is 0 Å². The molecule has 0 saturated carbocycles. The number of pyridine rings is 1. The van der Waals surface area contributed by atoms with Crippen LogP contribution in [0.15, 0.2) is 24.4 Å². The molecule has 0 bridgehead atoms. The van der Waals surface area contributed by atoms with E-state index in [2.05, 4.69) is 10.3 Å². The Morgan fingerprint density at radius 2 is 2.09 bits per heavy atom. The molecule has 8 heteroatoms. The summed E-state index contributed by atoms with van der Waals surface area (Å²) in [4.78, 5) is 15.3. The molecule has 0 unspecified atom stereocenters. The molecule has 2 rings (SSSR count). The Morgan fingerprint density at radius 3 is 2.61 bits per heavy atom. The molecular formula is C15H23N3O4S. The third-order valence-electron chi connectivity index (χ3n) is 4.32. The highest BCUT2D eigenvalue weighted by molar-refractivity contribution is 7.89. The Balaban J connectivity index is 2.18. The molecule has 1 amide bonds. The molecule has 1 aliphatic heterocycles. The topological polar surface area (TPSA) is 99.6 Å². The van der Waals surface area contributed by atoms with E-state index < -0.39 is 21.5 Å². The number of hydrogen-bond acceptors (Lipinski definition) is 4. The van der Waals surface area contributed by atoms with E-state index in [1.807, 2.05) is 25.1 Å². The lowest BCUT2D eigenvalue weighted by Crippen LogP contribution is -2.50. The number of nitrogens with one attached hydrogen (secondary N) is 1. The van der Waals surface area contributed by atoms with Crippen LogP contribution in [0, 0.1) is 0 Å².